The molecule has 0 unspecified atom stereocenters. The van der Waals surface area contributed by atoms with Gasteiger partial charge in [0.15, 0.2) is 0 Å². The largest absolute Gasteiger partial charge is 0.303 e. The van der Waals surface area contributed by atoms with E-state index in [0.29, 0.717) is 5.92 Å². The van der Waals surface area contributed by atoms with Crippen molar-refractivity contribution in [2.24, 2.45) is 11.8 Å². The predicted molar refractivity (Wildman–Crippen MR) is 28.4 cm³/mol. The molecule has 0 aliphatic heterocycles. The first-order valence-electron chi connectivity index (χ1n) is 2.36. The molecule has 0 radical (unpaired) electrons. The van der Waals surface area contributed by atoms with Gasteiger partial charge in [-0.3, -0.25) is 0 Å². The summed E-state index contributed by atoms with van der Waals surface area (Å²) in [6.07, 6.45) is 0.933. The molecule has 7 heavy (non-hydrogen) atoms. The topological polar surface area (TPSA) is 17.1 Å². The van der Waals surface area contributed by atoms with E-state index in [9.17, 15) is 4.79 Å². The summed E-state index contributed by atoms with van der Waals surface area (Å²) in [4.78, 5) is 9.90. The van der Waals surface area contributed by atoms with E-state index >= 15 is 0 Å². The fourth-order valence-corrected chi connectivity index (χ4v) is 1.01. The summed E-state index contributed by atoms with van der Waals surface area (Å²) in [7, 11) is 0. The standard InChI is InChI=1S/C5H7ClO/c1-3-4(2-7)5(3)6/h2-5H,1H3/t3-,4-,5-/m0/s1. The smallest absolute Gasteiger partial charge is 0.124 e. The quantitative estimate of drug-likeness (QED) is 0.372. The first-order chi connectivity index (χ1) is 3.27. The van der Waals surface area contributed by atoms with Gasteiger partial charge in [-0.05, 0) is 5.92 Å². The summed E-state index contributed by atoms with van der Waals surface area (Å²) < 4.78 is 0. The van der Waals surface area contributed by atoms with Gasteiger partial charge in [-0.1, -0.05) is 6.92 Å². The Morgan fingerprint density at radius 1 is 1.71 bits per heavy atom. The average Bonchev–Trinajstić information content (AvgIpc) is 2.17. The van der Waals surface area contributed by atoms with E-state index in [1.54, 1.807) is 0 Å². The molecule has 0 aromatic carbocycles. The molecule has 1 nitrogen and oxygen atoms in total. The van der Waals surface area contributed by atoms with Crippen LogP contribution in [0.4, 0.5) is 0 Å². The zero-order chi connectivity index (χ0) is 5.44. The SMILES string of the molecule is C[C@@H]1[C@H](Cl)[C@H]1C=O. The second-order valence-electron chi connectivity index (χ2n) is 2.02. The highest BCUT2D eigenvalue weighted by molar-refractivity contribution is 6.24. The van der Waals surface area contributed by atoms with Gasteiger partial charge in [-0.25, -0.2) is 0 Å². The molecular formula is C5H7ClO. The molecule has 40 valence electrons. The number of hydrogen-bond acceptors (Lipinski definition) is 1. The summed E-state index contributed by atoms with van der Waals surface area (Å²) in [6, 6.07) is 0. The van der Waals surface area contributed by atoms with E-state index in [2.05, 4.69) is 0 Å². The molecule has 1 saturated carbocycles. The van der Waals surface area contributed by atoms with Gasteiger partial charge in [0.25, 0.3) is 0 Å². The number of carbonyl (C=O) groups is 1. The minimum absolute atomic E-state index is 0.137. The van der Waals surface area contributed by atoms with Gasteiger partial charge in [-0.15, -0.1) is 11.6 Å². The van der Waals surface area contributed by atoms with Crippen LogP contribution in [0.25, 0.3) is 0 Å². The van der Waals surface area contributed by atoms with Gasteiger partial charge < -0.3 is 4.79 Å². The number of carbonyl (C=O) groups excluding carboxylic acids is 1. The third kappa shape index (κ3) is 0.653. The molecule has 0 aromatic heterocycles. The van der Waals surface area contributed by atoms with Crippen LogP contribution in [0.5, 0.6) is 0 Å². The third-order valence-corrected chi connectivity index (χ3v) is 2.18. The number of hydrogen-bond donors (Lipinski definition) is 0. The lowest BCUT2D eigenvalue weighted by Crippen LogP contribution is -1.76. The maximum atomic E-state index is 9.90. The number of aldehydes is 1. The van der Waals surface area contributed by atoms with Crippen LogP contribution in [-0.4, -0.2) is 11.7 Å². The normalized spacial score (nSPS) is 48.6. The van der Waals surface area contributed by atoms with Crippen molar-refractivity contribution in [2.75, 3.05) is 0 Å². The predicted octanol–water partition coefficient (Wildman–Crippen LogP) is 1.06. The van der Waals surface area contributed by atoms with Crippen LogP contribution in [0.15, 0.2) is 0 Å². The van der Waals surface area contributed by atoms with Gasteiger partial charge in [0.05, 0.1) is 0 Å². The highest BCUT2D eigenvalue weighted by Crippen LogP contribution is 2.41. The molecule has 1 aliphatic rings. The van der Waals surface area contributed by atoms with Crippen LogP contribution < -0.4 is 0 Å². The molecule has 1 rings (SSSR count). The van der Waals surface area contributed by atoms with Crippen molar-refractivity contribution in [2.45, 2.75) is 12.3 Å². The second kappa shape index (κ2) is 1.48. The zero-order valence-electron chi connectivity index (χ0n) is 4.10. The van der Waals surface area contributed by atoms with Crippen molar-refractivity contribution in [1.82, 2.24) is 0 Å². The van der Waals surface area contributed by atoms with Crippen molar-refractivity contribution in [3.8, 4) is 0 Å². The van der Waals surface area contributed by atoms with Crippen LogP contribution in [0.3, 0.4) is 0 Å². The Bertz CT molecular complexity index is 84.1. The van der Waals surface area contributed by atoms with Crippen molar-refractivity contribution in [3.63, 3.8) is 0 Å². The maximum Gasteiger partial charge on any atom is 0.124 e. The Kier molecular flexibility index (Phi) is 1.08. The van der Waals surface area contributed by atoms with E-state index in [1.807, 2.05) is 6.92 Å². The molecule has 1 aliphatic carbocycles. The lowest BCUT2D eigenvalue weighted by molar-refractivity contribution is -0.109. The van der Waals surface area contributed by atoms with E-state index in [1.165, 1.54) is 0 Å². The first-order valence-corrected chi connectivity index (χ1v) is 2.80. The fraction of sp³-hybridized carbons (Fsp3) is 0.800. The Balaban J connectivity index is 2.37. The van der Waals surface area contributed by atoms with Crippen LogP contribution in [-0.2, 0) is 4.79 Å². The summed E-state index contributed by atoms with van der Waals surface area (Å²) >= 11 is 5.57. The van der Waals surface area contributed by atoms with E-state index in [0.717, 1.165) is 6.29 Å². The van der Waals surface area contributed by atoms with Gasteiger partial charge in [0, 0.05) is 11.3 Å². The van der Waals surface area contributed by atoms with Gasteiger partial charge in [-0.2, -0.15) is 0 Å². The van der Waals surface area contributed by atoms with Crippen molar-refractivity contribution in [1.29, 1.82) is 0 Å². The average molecular weight is 119 g/mol. The minimum Gasteiger partial charge on any atom is -0.303 e. The van der Waals surface area contributed by atoms with Crippen molar-refractivity contribution >= 4 is 17.9 Å². The summed E-state index contributed by atoms with van der Waals surface area (Å²) in [5, 5.41) is 0.137. The molecule has 0 bridgehead atoms. The van der Waals surface area contributed by atoms with Gasteiger partial charge >= 0.3 is 0 Å². The molecule has 3 atom stereocenters. The lowest BCUT2D eigenvalue weighted by atomic mass is 10.4. The van der Waals surface area contributed by atoms with Crippen molar-refractivity contribution < 1.29 is 4.79 Å². The third-order valence-electron chi connectivity index (χ3n) is 1.49. The second-order valence-corrected chi connectivity index (χ2v) is 2.52. The zero-order valence-corrected chi connectivity index (χ0v) is 4.85. The van der Waals surface area contributed by atoms with E-state index in [-0.39, 0.29) is 11.3 Å². The monoisotopic (exact) mass is 118 g/mol. The Morgan fingerprint density at radius 3 is 2.14 bits per heavy atom. The van der Waals surface area contributed by atoms with Crippen LogP contribution in [0, 0.1) is 11.8 Å². The maximum absolute atomic E-state index is 9.90. The number of rotatable bonds is 1. The van der Waals surface area contributed by atoms with Gasteiger partial charge in [0.1, 0.15) is 6.29 Å². The molecule has 1 fully saturated rings. The molecule has 2 heteroatoms. The molecule has 0 N–H and O–H groups in total. The van der Waals surface area contributed by atoms with Crippen LogP contribution in [0.1, 0.15) is 6.92 Å². The summed E-state index contributed by atoms with van der Waals surface area (Å²) in [6.45, 7) is 1.98. The summed E-state index contributed by atoms with van der Waals surface area (Å²) in [5.41, 5.74) is 0. The van der Waals surface area contributed by atoms with Crippen LogP contribution >= 0.6 is 11.6 Å². The van der Waals surface area contributed by atoms with Gasteiger partial charge in [0.2, 0.25) is 0 Å². The number of halogens is 1. The highest BCUT2D eigenvalue weighted by atomic mass is 35.5. The van der Waals surface area contributed by atoms with E-state index < -0.39 is 0 Å². The summed E-state index contributed by atoms with van der Waals surface area (Å²) in [5.74, 6) is 0.584. The van der Waals surface area contributed by atoms with E-state index in [4.69, 9.17) is 11.6 Å². The molecule has 0 aromatic rings. The molecule has 0 spiro atoms. The number of alkyl halides is 1. The molecule has 0 saturated heterocycles. The van der Waals surface area contributed by atoms with Crippen molar-refractivity contribution in [3.05, 3.63) is 0 Å². The Hall–Kier alpha value is -0.0400. The van der Waals surface area contributed by atoms with Crippen LogP contribution in [0.2, 0.25) is 0 Å². The minimum atomic E-state index is 0.137. The highest BCUT2D eigenvalue weighted by Gasteiger charge is 2.44. The Labute approximate surface area is 47.7 Å². The fourth-order valence-electron chi connectivity index (χ4n) is 0.642. The lowest BCUT2D eigenvalue weighted by Gasteiger charge is -1.66. The first kappa shape index (κ1) is 5.10. The molecule has 0 heterocycles. The molecule has 0 amide bonds. The Morgan fingerprint density at radius 2 is 2.14 bits per heavy atom. The molecular weight excluding hydrogens is 112 g/mol.